The van der Waals surface area contributed by atoms with Gasteiger partial charge in [0.25, 0.3) is 0 Å². The molecule has 0 aliphatic heterocycles. The second-order valence-corrected chi connectivity index (χ2v) is 4.68. The van der Waals surface area contributed by atoms with E-state index in [0.717, 1.165) is 12.1 Å². The number of allylic oxidation sites excluding steroid dienone is 1. The maximum Gasteiger partial charge on any atom is 0.176 e. The summed E-state index contributed by atoms with van der Waals surface area (Å²) in [6, 6.07) is 1.93. The van der Waals surface area contributed by atoms with Crippen LogP contribution in [0.4, 0.5) is 0 Å². The molecule has 0 saturated carbocycles. The van der Waals surface area contributed by atoms with Gasteiger partial charge >= 0.3 is 0 Å². The molecule has 0 spiro atoms. The van der Waals surface area contributed by atoms with Gasteiger partial charge < -0.3 is 4.80 Å². The standard InChI is InChI=1S/C7H16OSi/c1-3-5-7-9(8)6-4-2/h4,8-9H,2-3,5-7H2,1H3. The first-order chi connectivity index (χ1) is 4.31. The van der Waals surface area contributed by atoms with Crippen LogP contribution in [0.25, 0.3) is 0 Å². The van der Waals surface area contributed by atoms with Gasteiger partial charge in [-0.15, -0.1) is 6.58 Å². The molecule has 9 heavy (non-hydrogen) atoms. The SMILES string of the molecule is C=CC[SiH](O)CCCC. The van der Waals surface area contributed by atoms with Gasteiger partial charge in [0.2, 0.25) is 0 Å². The van der Waals surface area contributed by atoms with E-state index >= 15 is 0 Å². The van der Waals surface area contributed by atoms with Crippen molar-refractivity contribution in [2.75, 3.05) is 0 Å². The molecule has 0 fully saturated rings. The highest BCUT2D eigenvalue weighted by Gasteiger charge is 2.01. The topological polar surface area (TPSA) is 20.2 Å². The van der Waals surface area contributed by atoms with Crippen LogP contribution >= 0.6 is 0 Å². The van der Waals surface area contributed by atoms with E-state index in [1.54, 1.807) is 0 Å². The summed E-state index contributed by atoms with van der Waals surface area (Å²) in [6.45, 7) is 5.73. The van der Waals surface area contributed by atoms with Crippen molar-refractivity contribution < 1.29 is 4.80 Å². The quantitative estimate of drug-likeness (QED) is 0.460. The van der Waals surface area contributed by atoms with Crippen LogP contribution in [-0.2, 0) is 0 Å². The zero-order valence-corrected chi connectivity index (χ0v) is 7.29. The molecule has 54 valence electrons. The van der Waals surface area contributed by atoms with Gasteiger partial charge in [-0.25, -0.2) is 0 Å². The van der Waals surface area contributed by atoms with Gasteiger partial charge in [0, 0.05) is 0 Å². The van der Waals surface area contributed by atoms with Gasteiger partial charge in [-0.1, -0.05) is 25.8 Å². The molecular formula is C7H16OSi. The molecule has 0 aromatic rings. The minimum absolute atomic E-state index is 0.875. The Bertz CT molecular complexity index is 73.3. The third-order valence-corrected chi connectivity index (χ3v) is 3.28. The highest BCUT2D eigenvalue weighted by molar-refractivity contribution is 6.50. The lowest BCUT2D eigenvalue weighted by Crippen LogP contribution is -2.08. The van der Waals surface area contributed by atoms with E-state index in [1.165, 1.54) is 12.8 Å². The summed E-state index contributed by atoms with van der Waals surface area (Å²) in [7, 11) is -1.34. The van der Waals surface area contributed by atoms with Crippen molar-refractivity contribution >= 4 is 9.04 Å². The third-order valence-electron chi connectivity index (χ3n) is 1.33. The lowest BCUT2D eigenvalue weighted by Gasteiger charge is -2.01. The molecule has 0 saturated heterocycles. The van der Waals surface area contributed by atoms with Crippen LogP contribution in [0.3, 0.4) is 0 Å². The van der Waals surface area contributed by atoms with E-state index in [4.69, 9.17) is 0 Å². The summed E-state index contributed by atoms with van der Waals surface area (Å²) in [5.41, 5.74) is 0. The Morgan fingerprint density at radius 2 is 2.33 bits per heavy atom. The zero-order valence-electron chi connectivity index (χ0n) is 6.14. The van der Waals surface area contributed by atoms with Crippen LogP contribution in [0.15, 0.2) is 12.7 Å². The average Bonchev–Trinajstić information content (AvgIpc) is 1.85. The van der Waals surface area contributed by atoms with E-state index in [0.29, 0.717) is 0 Å². The smallest absolute Gasteiger partial charge is 0.176 e. The largest absolute Gasteiger partial charge is 0.434 e. The van der Waals surface area contributed by atoms with Crippen LogP contribution in [0, 0.1) is 0 Å². The maximum atomic E-state index is 9.25. The lowest BCUT2D eigenvalue weighted by atomic mass is 10.4. The Hall–Kier alpha value is -0.0831. The van der Waals surface area contributed by atoms with Crippen molar-refractivity contribution in [2.45, 2.75) is 31.9 Å². The molecule has 0 heterocycles. The number of hydrogen-bond acceptors (Lipinski definition) is 1. The monoisotopic (exact) mass is 144 g/mol. The van der Waals surface area contributed by atoms with Crippen LogP contribution in [0.5, 0.6) is 0 Å². The van der Waals surface area contributed by atoms with E-state index in [2.05, 4.69) is 13.5 Å². The fourth-order valence-corrected chi connectivity index (χ4v) is 2.25. The second kappa shape index (κ2) is 6.04. The summed E-state index contributed by atoms with van der Waals surface area (Å²) in [6.07, 6.45) is 4.20. The molecule has 0 aliphatic rings. The Kier molecular flexibility index (Phi) is 5.99. The highest BCUT2D eigenvalue weighted by atomic mass is 28.3. The van der Waals surface area contributed by atoms with Gasteiger partial charge in [-0.2, -0.15) is 0 Å². The molecule has 1 nitrogen and oxygen atoms in total. The second-order valence-electron chi connectivity index (χ2n) is 2.32. The maximum absolute atomic E-state index is 9.25. The third kappa shape index (κ3) is 5.79. The van der Waals surface area contributed by atoms with Gasteiger partial charge in [-0.05, 0) is 12.1 Å². The van der Waals surface area contributed by atoms with E-state index < -0.39 is 9.04 Å². The summed E-state index contributed by atoms with van der Waals surface area (Å²) in [5.74, 6) is 0. The summed E-state index contributed by atoms with van der Waals surface area (Å²) >= 11 is 0. The van der Waals surface area contributed by atoms with Crippen LogP contribution in [-0.4, -0.2) is 13.8 Å². The van der Waals surface area contributed by atoms with E-state index in [9.17, 15) is 4.80 Å². The molecule has 1 atom stereocenters. The van der Waals surface area contributed by atoms with Gasteiger partial charge in [-0.3, -0.25) is 0 Å². The fourth-order valence-electron chi connectivity index (χ4n) is 0.750. The van der Waals surface area contributed by atoms with Gasteiger partial charge in [0.1, 0.15) is 0 Å². The normalized spacial score (nSPS) is 13.1. The summed E-state index contributed by atoms with van der Waals surface area (Å²) in [4.78, 5) is 9.25. The Balaban J connectivity index is 3.04. The minimum Gasteiger partial charge on any atom is -0.434 e. The molecule has 0 aliphatic carbocycles. The first-order valence-electron chi connectivity index (χ1n) is 3.60. The number of rotatable bonds is 5. The zero-order chi connectivity index (χ0) is 7.11. The van der Waals surface area contributed by atoms with Crippen molar-refractivity contribution in [2.24, 2.45) is 0 Å². The molecule has 2 heteroatoms. The van der Waals surface area contributed by atoms with Crippen molar-refractivity contribution in [1.82, 2.24) is 0 Å². The molecule has 0 aromatic carbocycles. The average molecular weight is 144 g/mol. The first kappa shape index (κ1) is 8.92. The molecule has 0 radical (unpaired) electrons. The highest BCUT2D eigenvalue weighted by Crippen LogP contribution is 2.02. The molecular weight excluding hydrogens is 128 g/mol. The van der Waals surface area contributed by atoms with E-state index in [1.807, 2.05) is 6.08 Å². The van der Waals surface area contributed by atoms with Gasteiger partial charge in [0.05, 0.1) is 0 Å². The molecule has 0 rings (SSSR count). The summed E-state index contributed by atoms with van der Waals surface area (Å²) in [5, 5.41) is 0. The van der Waals surface area contributed by atoms with Gasteiger partial charge in [0.15, 0.2) is 9.04 Å². The molecule has 0 bridgehead atoms. The minimum atomic E-state index is -1.34. The molecule has 0 amide bonds. The summed E-state index contributed by atoms with van der Waals surface area (Å²) < 4.78 is 0. The van der Waals surface area contributed by atoms with Crippen molar-refractivity contribution in [3.05, 3.63) is 12.7 Å². The Morgan fingerprint density at radius 1 is 1.67 bits per heavy atom. The molecule has 0 aromatic heterocycles. The number of hydrogen-bond donors (Lipinski definition) is 1. The molecule has 1 unspecified atom stereocenters. The molecule has 1 N–H and O–H groups in total. The Morgan fingerprint density at radius 3 is 2.78 bits per heavy atom. The fraction of sp³-hybridized carbons (Fsp3) is 0.714. The van der Waals surface area contributed by atoms with Crippen LogP contribution < -0.4 is 0 Å². The number of unbranched alkanes of at least 4 members (excludes halogenated alkanes) is 1. The van der Waals surface area contributed by atoms with Crippen molar-refractivity contribution in [1.29, 1.82) is 0 Å². The van der Waals surface area contributed by atoms with Crippen LogP contribution in [0.1, 0.15) is 19.8 Å². The predicted molar refractivity (Wildman–Crippen MR) is 44.1 cm³/mol. The van der Waals surface area contributed by atoms with Crippen molar-refractivity contribution in [3.63, 3.8) is 0 Å². The first-order valence-corrected chi connectivity index (χ1v) is 5.75. The van der Waals surface area contributed by atoms with Crippen molar-refractivity contribution in [3.8, 4) is 0 Å². The lowest BCUT2D eigenvalue weighted by molar-refractivity contribution is 0.565. The van der Waals surface area contributed by atoms with E-state index in [-0.39, 0.29) is 0 Å². The predicted octanol–water partition coefficient (Wildman–Crippen LogP) is 1.69. The Labute approximate surface area is 59.1 Å². The van der Waals surface area contributed by atoms with Crippen LogP contribution in [0.2, 0.25) is 12.1 Å².